The minimum absolute atomic E-state index is 0.214. The minimum atomic E-state index is -4.45. The number of carbonyl (C=O) groups is 1. The van der Waals surface area contributed by atoms with E-state index in [4.69, 9.17) is 10.6 Å². The van der Waals surface area contributed by atoms with Gasteiger partial charge in [-0.1, -0.05) is 11.8 Å². The van der Waals surface area contributed by atoms with Crippen molar-refractivity contribution in [1.82, 2.24) is 20.2 Å². The summed E-state index contributed by atoms with van der Waals surface area (Å²) in [5.74, 6) is 5.93. The van der Waals surface area contributed by atoms with Gasteiger partial charge >= 0.3 is 6.18 Å². The molecule has 0 unspecified atom stereocenters. The molecule has 0 aliphatic heterocycles. The number of halogens is 3. The van der Waals surface area contributed by atoms with E-state index in [1.54, 1.807) is 29.6 Å². The van der Waals surface area contributed by atoms with E-state index in [9.17, 15) is 18.0 Å². The van der Waals surface area contributed by atoms with Crippen molar-refractivity contribution in [3.8, 4) is 17.1 Å². The zero-order chi connectivity index (χ0) is 18.4. The summed E-state index contributed by atoms with van der Waals surface area (Å²) in [6.45, 7) is 1.04. The summed E-state index contributed by atoms with van der Waals surface area (Å²) in [5, 5.41) is 9.77. The molecule has 11 heteroatoms. The topological polar surface area (TPSA) is 95.1 Å². The minimum Gasteiger partial charge on any atom is -0.494 e. The first-order chi connectivity index (χ1) is 11.8. The highest BCUT2D eigenvalue weighted by atomic mass is 32.2. The van der Waals surface area contributed by atoms with E-state index in [2.05, 4.69) is 10.2 Å². The van der Waals surface area contributed by atoms with Gasteiger partial charge in [0.25, 0.3) is 0 Å². The smallest absolute Gasteiger partial charge is 0.405 e. The number of rotatable bonds is 7. The predicted molar refractivity (Wildman–Crippen MR) is 86.6 cm³/mol. The second kappa shape index (κ2) is 8.10. The van der Waals surface area contributed by atoms with Gasteiger partial charge in [0.2, 0.25) is 11.1 Å². The summed E-state index contributed by atoms with van der Waals surface area (Å²) in [7, 11) is 0. The molecule has 1 aromatic carbocycles. The number of benzene rings is 1. The zero-order valence-electron chi connectivity index (χ0n) is 13.2. The van der Waals surface area contributed by atoms with Crippen molar-refractivity contribution in [2.24, 2.45) is 0 Å². The summed E-state index contributed by atoms with van der Waals surface area (Å²) < 4.78 is 42.6. The number of amides is 1. The van der Waals surface area contributed by atoms with Crippen LogP contribution in [0.2, 0.25) is 0 Å². The number of aromatic nitrogens is 3. The third-order valence-electron chi connectivity index (χ3n) is 2.91. The molecule has 1 amide bonds. The van der Waals surface area contributed by atoms with Crippen LogP contribution in [0.25, 0.3) is 11.4 Å². The largest absolute Gasteiger partial charge is 0.494 e. The number of carbonyl (C=O) groups excluding carboxylic acids is 1. The molecular formula is C14H16F3N5O2S. The van der Waals surface area contributed by atoms with Crippen molar-refractivity contribution in [2.45, 2.75) is 18.3 Å². The highest BCUT2D eigenvalue weighted by Gasteiger charge is 2.27. The Kier molecular flexibility index (Phi) is 6.12. The Morgan fingerprint density at radius 2 is 2.00 bits per heavy atom. The lowest BCUT2D eigenvalue weighted by Crippen LogP contribution is -2.34. The summed E-state index contributed by atoms with van der Waals surface area (Å²) >= 11 is 0.893. The molecule has 2 rings (SSSR count). The maximum absolute atomic E-state index is 12.0. The fourth-order valence-corrected chi connectivity index (χ4v) is 2.51. The average molecular weight is 375 g/mol. The molecule has 7 nitrogen and oxygen atoms in total. The highest BCUT2D eigenvalue weighted by molar-refractivity contribution is 7.99. The van der Waals surface area contributed by atoms with E-state index >= 15 is 0 Å². The Morgan fingerprint density at radius 1 is 1.32 bits per heavy atom. The average Bonchev–Trinajstić information content (AvgIpc) is 2.92. The maximum Gasteiger partial charge on any atom is 0.405 e. The Labute approximate surface area is 145 Å². The number of alkyl halides is 3. The lowest BCUT2D eigenvalue weighted by Gasteiger charge is -2.08. The van der Waals surface area contributed by atoms with Gasteiger partial charge < -0.3 is 15.9 Å². The van der Waals surface area contributed by atoms with Gasteiger partial charge in [-0.3, -0.25) is 4.79 Å². The fourth-order valence-electron chi connectivity index (χ4n) is 1.82. The van der Waals surface area contributed by atoms with Gasteiger partial charge in [-0.25, -0.2) is 4.68 Å². The third-order valence-corrected chi connectivity index (χ3v) is 3.85. The van der Waals surface area contributed by atoms with Crippen LogP contribution in [-0.2, 0) is 4.79 Å². The maximum atomic E-state index is 12.0. The van der Waals surface area contributed by atoms with Crippen molar-refractivity contribution in [1.29, 1.82) is 0 Å². The molecule has 0 fully saturated rings. The van der Waals surface area contributed by atoms with Gasteiger partial charge in [-0.15, -0.1) is 10.2 Å². The van der Waals surface area contributed by atoms with Crippen LogP contribution in [0, 0.1) is 0 Å². The molecule has 0 radical (unpaired) electrons. The summed E-state index contributed by atoms with van der Waals surface area (Å²) in [5.41, 5.74) is 0.687. The molecule has 3 N–H and O–H groups in total. The Balaban J connectivity index is 1.97. The summed E-state index contributed by atoms with van der Waals surface area (Å²) in [6, 6.07) is 7.02. The standard InChI is InChI=1S/C14H16F3N5O2S/c1-2-24-10-5-3-9(4-6-10)12-20-21-13(22(12)18)25-7-11(23)19-8-14(15,16)17/h3-6H,2,7-8,18H2,1H3,(H,19,23). The molecular weight excluding hydrogens is 359 g/mol. The van der Waals surface area contributed by atoms with E-state index in [1.165, 1.54) is 4.68 Å². The number of nitrogens with one attached hydrogen (secondary N) is 1. The Hall–Kier alpha value is -2.43. The Morgan fingerprint density at radius 3 is 2.60 bits per heavy atom. The van der Waals surface area contributed by atoms with Crippen LogP contribution >= 0.6 is 11.8 Å². The summed E-state index contributed by atoms with van der Waals surface area (Å²) in [4.78, 5) is 11.4. The van der Waals surface area contributed by atoms with E-state index < -0.39 is 18.6 Å². The lowest BCUT2D eigenvalue weighted by molar-refractivity contribution is -0.136. The molecule has 1 heterocycles. The highest BCUT2D eigenvalue weighted by Crippen LogP contribution is 2.23. The molecule has 25 heavy (non-hydrogen) atoms. The molecule has 2 aromatic rings. The van der Waals surface area contributed by atoms with Crippen LogP contribution in [0.5, 0.6) is 5.75 Å². The number of ether oxygens (including phenoxy) is 1. The zero-order valence-corrected chi connectivity index (χ0v) is 14.0. The first-order valence-electron chi connectivity index (χ1n) is 7.20. The Bertz CT molecular complexity index is 718. The quantitative estimate of drug-likeness (QED) is 0.566. The van der Waals surface area contributed by atoms with E-state index in [1.807, 2.05) is 6.92 Å². The normalized spacial score (nSPS) is 11.4. The van der Waals surface area contributed by atoms with E-state index in [0.717, 1.165) is 11.8 Å². The van der Waals surface area contributed by atoms with Gasteiger partial charge in [-0.2, -0.15) is 13.2 Å². The van der Waals surface area contributed by atoms with Crippen LogP contribution in [0.1, 0.15) is 6.92 Å². The molecule has 0 aliphatic rings. The number of nitrogen functional groups attached to an aromatic ring is 1. The van der Waals surface area contributed by atoms with E-state index in [0.29, 0.717) is 23.7 Å². The lowest BCUT2D eigenvalue weighted by atomic mass is 10.2. The molecule has 0 saturated carbocycles. The second-order valence-corrected chi connectivity index (χ2v) is 5.76. The van der Waals surface area contributed by atoms with E-state index in [-0.39, 0.29) is 10.9 Å². The van der Waals surface area contributed by atoms with Gasteiger partial charge in [0.15, 0.2) is 5.82 Å². The SMILES string of the molecule is CCOc1ccc(-c2nnc(SCC(=O)NCC(F)(F)F)n2N)cc1. The number of nitrogens with zero attached hydrogens (tertiary/aromatic N) is 3. The number of hydrogen-bond acceptors (Lipinski definition) is 6. The van der Waals surface area contributed by atoms with Crippen molar-refractivity contribution in [3.63, 3.8) is 0 Å². The monoisotopic (exact) mass is 375 g/mol. The molecule has 0 atom stereocenters. The van der Waals surface area contributed by atoms with Crippen molar-refractivity contribution in [2.75, 3.05) is 24.7 Å². The first-order valence-corrected chi connectivity index (χ1v) is 8.18. The van der Waals surface area contributed by atoms with Crippen LogP contribution < -0.4 is 15.9 Å². The molecule has 1 aromatic heterocycles. The molecule has 0 bridgehead atoms. The number of thioether (sulfide) groups is 1. The van der Waals surface area contributed by atoms with Gasteiger partial charge in [0.1, 0.15) is 12.3 Å². The molecule has 0 aliphatic carbocycles. The summed E-state index contributed by atoms with van der Waals surface area (Å²) in [6.07, 6.45) is -4.45. The molecule has 0 saturated heterocycles. The molecule has 136 valence electrons. The van der Waals surface area contributed by atoms with Crippen LogP contribution in [0.15, 0.2) is 29.4 Å². The van der Waals surface area contributed by atoms with Crippen LogP contribution in [-0.4, -0.2) is 45.9 Å². The number of hydrogen-bond donors (Lipinski definition) is 2. The van der Waals surface area contributed by atoms with Gasteiger partial charge in [0.05, 0.1) is 12.4 Å². The van der Waals surface area contributed by atoms with Crippen molar-refractivity contribution < 1.29 is 22.7 Å². The fraction of sp³-hybridized carbons (Fsp3) is 0.357. The predicted octanol–water partition coefficient (Wildman–Crippen LogP) is 1.83. The molecule has 0 spiro atoms. The van der Waals surface area contributed by atoms with Crippen LogP contribution in [0.3, 0.4) is 0 Å². The number of nitrogens with two attached hydrogens (primary N) is 1. The third kappa shape index (κ3) is 5.55. The van der Waals surface area contributed by atoms with Gasteiger partial charge in [-0.05, 0) is 31.2 Å². The van der Waals surface area contributed by atoms with Crippen LogP contribution in [0.4, 0.5) is 13.2 Å². The van der Waals surface area contributed by atoms with Gasteiger partial charge in [0, 0.05) is 5.56 Å². The second-order valence-electron chi connectivity index (χ2n) is 4.81. The van der Waals surface area contributed by atoms with Crippen molar-refractivity contribution >= 4 is 17.7 Å². The first kappa shape index (κ1) is 18.9. The van der Waals surface area contributed by atoms with Crippen molar-refractivity contribution in [3.05, 3.63) is 24.3 Å².